The largest absolute Gasteiger partial charge is 0.493 e. The number of benzene rings is 1. The van der Waals surface area contributed by atoms with Crippen LogP contribution in [0.25, 0.3) is 6.08 Å². The van der Waals surface area contributed by atoms with Crippen molar-refractivity contribution in [1.82, 2.24) is 10.2 Å². The second-order valence-corrected chi connectivity index (χ2v) is 5.92. The van der Waals surface area contributed by atoms with Gasteiger partial charge < -0.3 is 14.8 Å². The molecule has 1 saturated heterocycles. The number of nitrogens with one attached hydrogen (secondary N) is 1. The number of halogens is 1. The normalized spacial score (nSPS) is 15.6. The van der Waals surface area contributed by atoms with Crippen LogP contribution in [0.1, 0.15) is 18.9 Å². The molecule has 1 fully saturated rings. The predicted octanol–water partition coefficient (Wildman–Crippen LogP) is 3.33. The number of carbonyl (C=O) groups is 2. The number of rotatable bonds is 7. The van der Waals surface area contributed by atoms with Gasteiger partial charge in [-0.05, 0) is 30.2 Å². The number of methoxy groups -OCH3 is 1. The maximum absolute atomic E-state index is 12.3. The van der Waals surface area contributed by atoms with Crippen LogP contribution in [0.15, 0.2) is 35.0 Å². The molecule has 6 nitrogen and oxygen atoms in total. The van der Waals surface area contributed by atoms with E-state index in [9.17, 15) is 9.59 Å². The highest BCUT2D eigenvalue weighted by Gasteiger charge is 2.32. The van der Waals surface area contributed by atoms with Crippen LogP contribution in [-0.2, 0) is 4.79 Å². The second kappa shape index (κ2) is 8.01. The lowest BCUT2D eigenvalue weighted by Crippen LogP contribution is -2.31. The molecule has 1 aromatic carbocycles. The van der Waals surface area contributed by atoms with Gasteiger partial charge >= 0.3 is 6.03 Å². The molecule has 0 saturated carbocycles. The van der Waals surface area contributed by atoms with Crippen molar-refractivity contribution in [3.8, 4) is 11.5 Å². The van der Waals surface area contributed by atoms with Crippen LogP contribution in [0, 0.1) is 0 Å². The molecule has 1 heterocycles. The van der Waals surface area contributed by atoms with Crippen LogP contribution in [0.3, 0.4) is 0 Å². The standard InChI is InChI=1S/C17H19BrN2O4/c1-4-6-20-16(21)13(19-17(20)22)8-11-9-14(23-3)15(10-12(11)18)24-7-5-2/h5,8-10H,2,4,6-7H2,1,3H3,(H,19,22)/b13-8+. The fourth-order valence-corrected chi connectivity index (χ4v) is 2.67. The summed E-state index contributed by atoms with van der Waals surface area (Å²) >= 11 is 3.45. The lowest BCUT2D eigenvalue weighted by atomic mass is 10.1. The van der Waals surface area contributed by atoms with Crippen molar-refractivity contribution >= 4 is 33.9 Å². The third-order valence-electron chi connectivity index (χ3n) is 3.35. The molecular weight excluding hydrogens is 376 g/mol. The fraction of sp³-hybridized carbons (Fsp3) is 0.294. The molecule has 0 bridgehead atoms. The second-order valence-electron chi connectivity index (χ2n) is 5.07. The van der Waals surface area contributed by atoms with Gasteiger partial charge in [0.15, 0.2) is 11.5 Å². The Morgan fingerprint density at radius 3 is 2.71 bits per heavy atom. The molecule has 3 amide bonds. The third-order valence-corrected chi connectivity index (χ3v) is 4.04. The van der Waals surface area contributed by atoms with E-state index in [1.54, 1.807) is 24.3 Å². The Hall–Kier alpha value is -2.28. The molecule has 0 radical (unpaired) electrons. The van der Waals surface area contributed by atoms with E-state index in [1.807, 2.05) is 6.92 Å². The predicted molar refractivity (Wildman–Crippen MR) is 94.9 cm³/mol. The highest BCUT2D eigenvalue weighted by Crippen LogP contribution is 2.35. The summed E-state index contributed by atoms with van der Waals surface area (Å²) in [5, 5.41) is 2.59. The van der Waals surface area contributed by atoms with Gasteiger partial charge in [0, 0.05) is 11.0 Å². The number of ether oxygens (including phenoxy) is 2. The van der Waals surface area contributed by atoms with Gasteiger partial charge in [-0.2, -0.15) is 0 Å². The molecule has 1 aliphatic rings. The van der Waals surface area contributed by atoms with Crippen molar-refractivity contribution in [2.24, 2.45) is 0 Å². The van der Waals surface area contributed by atoms with E-state index in [2.05, 4.69) is 27.8 Å². The average molecular weight is 395 g/mol. The summed E-state index contributed by atoms with van der Waals surface area (Å²) in [6.07, 6.45) is 3.96. The first kappa shape index (κ1) is 18.1. The molecule has 0 spiro atoms. The summed E-state index contributed by atoms with van der Waals surface area (Å²) in [6.45, 7) is 6.26. The fourth-order valence-electron chi connectivity index (χ4n) is 2.24. The molecule has 1 aromatic rings. The SMILES string of the molecule is C=CCOc1cc(Br)c(/C=C2/NC(=O)N(CCC)C2=O)cc1OC. The molecule has 1 aliphatic heterocycles. The van der Waals surface area contributed by atoms with Gasteiger partial charge in [-0.25, -0.2) is 4.79 Å². The Labute approximate surface area is 149 Å². The number of hydrogen-bond donors (Lipinski definition) is 1. The van der Waals surface area contributed by atoms with Crippen molar-refractivity contribution in [2.75, 3.05) is 20.3 Å². The Kier molecular flexibility index (Phi) is 6.03. The first-order valence-corrected chi connectivity index (χ1v) is 8.26. The molecule has 128 valence electrons. The van der Waals surface area contributed by atoms with Crippen LogP contribution >= 0.6 is 15.9 Å². The van der Waals surface area contributed by atoms with Crippen molar-refractivity contribution in [3.63, 3.8) is 0 Å². The van der Waals surface area contributed by atoms with Gasteiger partial charge in [0.05, 0.1) is 7.11 Å². The number of nitrogens with zero attached hydrogens (tertiary/aromatic N) is 1. The van der Waals surface area contributed by atoms with Crippen LogP contribution in [-0.4, -0.2) is 37.1 Å². The highest BCUT2D eigenvalue weighted by molar-refractivity contribution is 9.10. The first-order valence-electron chi connectivity index (χ1n) is 7.47. The average Bonchev–Trinajstić information content (AvgIpc) is 2.82. The van der Waals surface area contributed by atoms with E-state index in [4.69, 9.17) is 9.47 Å². The van der Waals surface area contributed by atoms with Gasteiger partial charge in [0.2, 0.25) is 0 Å². The minimum Gasteiger partial charge on any atom is -0.493 e. The minimum absolute atomic E-state index is 0.232. The van der Waals surface area contributed by atoms with Crippen molar-refractivity contribution in [1.29, 1.82) is 0 Å². The van der Waals surface area contributed by atoms with E-state index < -0.39 is 6.03 Å². The number of imide groups is 1. The molecular formula is C17H19BrN2O4. The molecule has 7 heteroatoms. The van der Waals surface area contributed by atoms with E-state index >= 15 is 0 Å². The zero-order chi connectivity index (χ0) is 17.7. The summed E-state index contributed by atoms with van der Waals surface area (Å²) < 4.78 is 11.6. The van der Waals surface area contributed by atoms with Gasteiger partial charge in [-0.3, -0.25) is 9.69 Å². The molecule has 0 aliphatic carbocycles. The molecule has 0 aromatic heterocycles. The van der Waals surface area contributed by atoms with Gasteiger partial charge in [0.1, 0.15) is 12.3 Å². The van der Waals surface area contributed by atoms with Gasteiger partial charge in [-0.1, -0.05) is 35.5 Å². The Balaban J connectivity index is 2.34. The smallest absolute Gasteiger partial charge is 0.329 e. The summed E-state index contributed by atoms with van der Waals surface area (Å²) in [7, 11) is 1.53. The van der Waals surface area contributed by atoms with E-state index in [1.165, 1.54) is 12.0 Å². The van der Waals surface area contributed by atoms with Crippen LogP contribution in [0.4, 0.5) is 4.79 Å². The lowest BCUT2D eigenvalue weighted by molar-refractivity contribution is -0.122. The zero-order valence-electron chi connectivity index (χ0n) is 13.6. The monoisotopic (exact) mass is 394 g/mol. The quantitative estimate of drug-likeness (QED) is 0.437. The van der Waals surface area contributed by atoms with E-state index in [-0.39, 0.29) is 11.6 Å². The van der Waals surface area contributed by atoms with E-state index in [0.29, 0.717) is 41.1 Å². The van der Waals surface area contributed by atoms with Crippen LogP contribution in [0.5, 0.6) is 11.5 Å². The molecule has 2 rings (SSSR count). The van der Waals surface area contributed by atoms with Crippen molar-refractivity contribution in [2.45, 2.75) is 13.3 Å². The molecule has 0 unspecified atom stereocenters. The topological polar surface area (TPSA) is 67.9 Å². The number of carbonyl (C=O) groups excluding carboxylic acids is 2. The Morgan fingerprint density at radius 1 is 1.33 bits per heavy atom. The zero-order valence-corrected chi connectivity index (χ0v) is 15.2. The third kappa shape index (κ3) is 3.79. The van der Waals surface area contributed by atoms with Crippen LogP contribution in [0.2, 0.25) is 0 Å². The minimum atomic E-state index is -0.401. The maximum Gasteiger partial charge on any atom is 0.329 e. The van der Waals surface area contributed by atoms with Crippen LogP contribution < -0.4 is 14.8 Å². The lowest BCUT2D eigenvalue weighted by Gasteiger charge is -2.12. The van der Waals surface area contributed by atoms with E-state index in [0.717, 1.165) is 0 Å². The summed E-state index contributed by atoms with van der Waals surface area (Å²) in [6, 6.07) is 3.08. The van der Waals surface area contributed by atoms with Gasteiger partial charge in [-0.15, -0.1) is 0 Å². The maximum atomic E-state index is 12.3. The van der Waals surface area contributed by atoms with Crippen molar-refractivity contribution < 1.29 is 19.1 Å². The summed E-state index contributed by atoms with van der Waals surface area (Å²) in [4.78, 5) is 25.3. The molecule has 24 heavy (non-hydrogen) atoms. The highest BCUT2D eigenvalue weighted by atomic mass is 79.9. The summed E-state index contributed by atoms with van der Waals surface area (Å²) in [5.41, 5.74) is 0.927. The number of urea groups is 1. The number of amides is 3. The Morgan fingerprint density at radius 2 is 2.08 bits per heavy atom. The number of hydrogen-bond acceptors (Lipinski definition) is 4. The Bertz CT molecular complexity index is 700. The first-order chi connectivity index (χ1) is 11.5. The summed E-state index contributed by atoms with van der Waals surface area (Å²) in [5.74, 6) is 0.745. The molecule has 0 atom stereocenters. The molecule has 1 N–H and O–H groups in total. The van der Waals surface area contributed by atoms with Gasteiger partial charge in [0.25, 0.3) is 5.91 Å². The van der Waals surface area contributed by atoms with Crippen molar-refractivity contribution in [3.05, 3.63) is 40.5 Å².